The number of thiocarbonyl (C=S) groups is 1. The molecule has 0 fully saturated rings. The highest BCUT2D eigenvalue weighted by atomic mass is 32.1. The average molecular weight is 286 g/mol. The highest BCUT2D eigenvalue weighted by molar-refractivity contribution is 7.80. The summed E-state index contributed by atoms with van der Waals surface area (Å²) in [5, 5.41) is 2.80. The number of carbonyl (C=O) groups is 1. The Balaban J connectivity index is 2.24. The van der Waals surface area contributed by atoms with Crippen LogP contribution in [0, 0.1) is 0 Å². The molecule has 1 amide bonds. The molecular formula is C15H14N2O2S. The lowest BCUT2D eigenvalue weighted by molar-refractivity contribution is 0.102. The first-order chi connectivity index (χ1) is 9.61. The number of methoxy groups -OCH3 is 1. The van der Waals surface area contributed by atoms with Gasteiger partial charge >= 0.3 is 0 Å². The van der Waals surface area contributed by atoms with Crippen molar-refractivity contribution in [3.63, 3.8) is 0 Å². The van der Waals surface area contributed by atoms with Crippen LogP contribution in [0.25, 0.3) is 0 Å². The fraction of sp³-hybridized carbons (Fsp3) is 0.0667. The highest BCUT2D eigenvalue weighted by Gasteiger charge is 2.10. The second-order valence-corrected chi connectivity index (χ2v) is 4.54. The number of amides is 1. The van der Waals surface area contributed by atoms with Crippen molar-refractivity contribution in [1.82, 2.24) is 0 Å². The van der Waals surface area contributed by atoms with Crippen LogP contribution >= 0.6 is 12.2 Å². The Labute approximate surface area is 122 Å². The Kier molecular flexibility index (Phi) is 4.32. The lowest BCUT2D eigenvalue weighted by Gasteiger charge is -2.10. The molecule has 102 valence electrons. The summed E-state index contributed by atoms with van der Waals surface area (Å²) in [6, 6.07) is 14.1. The standard InChI is InChI=1S/C15H14N2O2S/c1-19-13-8-3-2-7-12(13)17-15(18)11-6-4-5-10(9-11)14(16)20/h2-9H,1H3,(H2,16,20)(H,17,18). The molecule has 0 heterocycles. The van der Waals surface area contributed by atoms with Gasteiger partial charge in [-0.2, -0.15) is 0 Å². The van der Waals surface area contributed by atoms with Gasteiger partial charge in [-0.15, -0.1) is 0 Å². The molecule has 3 N–H and O–H groups in total. The van der Waals surface area contributed by atoms with Crippen LogP contribution < -0.4 is 15.8 Å². The number of para-hydroxylation sites is 2. The van der Waals surface area contributed by atoms with E-state index in [-0.39, 0.29) is 10.9 Å². The molecule has 0 saturated carbocycles. The van der Waals surface area contributed by atoms with Gasteiger partial charge in [0.05, 0.1) is 12.8 Å². The Morgan fingerprint density at radius 1 is 1.15 bits per heavy atom. The first-order valence-electron chi connectivity index (χ1n) is 5.96. The lowest BCUT2D eigenvalue weighted by atomic mass is 10.1. The second kappa shape index (κ2) is 6.16. The van der Waals surface area contributed by atoms with Gasteiger partial charge in [0.15, 0.2) is 0 Å². The number of nitrogens with two attached hydrogens (primary N) is 1. The van der Waals surface area contributed by atoms with Crippen molar-refractivity contribution in [2.45, 2.75) is 0 Å². The Hall–Kier alpha value is -2.40. The Bertz CT molecular complexity index is 656. The number of ether oxygens (including phenoxy) is 1. The molecule has 5 heteroatoms. The number of hydrogen-bond acceptors (Lipinski definition) is 3. The van der Waals surface area contributed by atoms with E-state index in [4.69, 9.17) is 22.7 Å². The van der Waals surface area contributed by atoms with E-state index in [1.165, 1.54) is 0 Å². The van der Waals surface area contributed by atoms with E-state index in [2.05, 4.69) is 5.32 Å². The van der Waals surface area contributed by atoms with Gasteiger partial charge in [0.2, 0.25) is 0 Å². The molecule has 4 nitrogen and oxygen atoms in total. The van der Waals surface area contributed by atoms with E-state index in [1.54, 1.807) is 43.5 Å². The van der Waals surface area contributed by atoms with Crippen LogP contribution in [0.3, 0.4) is 0 Å². The zero-order valence-electron chi connectivity index (χ0n) is 10.9. The van der Waals surface area contributed by atoms with Crippen molar-refractivity contribution < 1.29 is 9.53 Å². The molecular weight excluding hydrogens is 272 g/mol. The largest absolute Gasteiger partial charge is 0.495 e. The van der Waals surface area contributed by atoms with E-state index in [0.717, 1.165) is 0 Å². The highest BCUT2D eigenvalue weighted by Crippen LogP contribution is 2.23. The minimum Gasteiger partial charge on any atom is -0.495 e. The van der Waals surface area contributed by atoms with E-state index < -0.39 is 0 Å². The number of hydrogen-bond donors (Lipinski definition) is 2. The average Bonchev–Trinajstić information content (AvgIpc) is 2.48. The molecule has 2 aromatic rings. The Morgan fingerprint density at radius 3 is 2.55 bits per heavy atom. The van der Waals surface area contributed by atoms with E-state index in [9.17, 15) is 4.79 Å². The minimum atomic E-state index is -0.243. The van der Waals surface area contributed by atoms with E-state index in [0.29, 0.717) is 22.6 Å². The summed E-state index contributed by atoms with van der Waals surface area (Å²) in [5.41, 5.74) is 7.32. The first kappa shape index (κ1) is 14.0. The van der Waals surface area contributed by atoms with Crippen LogP contribution in [0.1, 0.15) is 15.9 Å². The lowest BCUT2D eigenvalue weighted by Crippen LogP contribution is -2.15. The maximum absolute atomic E-state index is 12.2. The fourth-order valence-electron chi connectivity index (χ4n) is 1.76. The summed E-state index contributed by atoms with van der Waals surface area (Å²) < 4.78 is 5.19. The van der Waals surface area contributed by atoms with Gasteiger partial charge in [-0.25, -0.2) is 0 Å². The van der Waals surface area contributed by atoms with Gasteiger partial charge in [0, 0.05) is 11.1 Å². The predicted molar refractivity (Wildman–Crippen MR) is 83.3 cm³/mol. The van der Waals surface area contributed by atoms with Crippen molar-refractivity contribution in [3.8, 4) is 5.75 Å². The third kappa shape index (κ3) is 3.13. The molecule has 0 aliphatic rings. The smallest absolute Gasteiger partial charge is 0.255 e. The summed E-state index contributed by atoms with van der Waals surface area (Å²) in [6.45, 7) is 0. The molecule has 0 aliphatic heterocycles. The SMILES string of the molecule is COc1ccccc1NC(=O)c1cccc(C(N)=S)c1. The van der Waals surface area contributed by atoms with E-state index >= 15 is 0 Å². The third-order valence-corrected chi connectivity index (χ3v) is 3.00. The van der Waals surface area contributed by atoms with Gasteiger partial charge in [-0.05, 0) is 24.3 Å². The number of rotatable bonds is 4. The topological polar surface area (TPSA) is 64.3 Å². The maximum atomic E-state index is 12.2. The monoisotopic (exact) mass is 286 g/mol. The molecule has 0 radical (unpaired) electrons. The molecule has 0 saturated heterocycles. The number of carbonyl (C=O) groups excluding carboxylic acids is 1. The van der Waals surface area contributed by atoms with Gasteiger partial charge in [0.1, 0.15) is 10.7 Å². The number of nitrogens with one attached hydrogen (secondary N) is 1. The predicted octanol–water partition coefficient (Wildman–Crippen LogP) is 2.58. The fourth-order valence-corrected chi connectivity index (χ4v) is 1.88. The van der Waals surface area contributed by atoms with Gasteiger partial charge < -0.3 is 15.8 Å². The van der Waals surface area contributed by atoms with Crippen LogP contribution in [-0.2, 0) is 0 Å². The summed E-state index contributed by atoms with van der Waals surface area (Å²) >= 11 is 4.90. The summed E-state index contributed by atoms with van der Waals surface area (Å²) in [4.78, 5) is 12.5. The number of anilines is 1. The van der Waals surface area contributed by atoms with Gasteiger partial charge in [-0.1, -0.05) is 36.5 Å². The molecule has 0 aromatic heterocycles. The van der Waals surface area contributed by atoms with Gasteiger partial charge in [0.25, 0.3) is 5.91 Å². The normalized spacial score (nSPS) is 9.85. The zero-order chi connectivity index (χ0) is 14.5. The maximum Gasteiger partial charge on any atom is 0.255 e. The van der Waals surface area contributed by atoms with Crippen LogP contribution in [0.4, 0.5) is 5.69 Å². The summed E-state index contributed by atoms with van der Waals surface area (Å²) in [7, 11) is 1.55. The molecule has 0 bridgehead atoms. The number of benzene rings is 2. The van der Waals surface area contributed by atoms with Crippen molar-refractivity contribution in [2.75, 3.05) is 12.4 Å². The van der Waals surface area contributed by atoms with Crippen LogP contribution in [0.15, 0.2) is 48.5 Å². The van der Waals surface area contributed by atoms with Crippen LogP contribution in [0.2, 0.25) is 0 Å². The molecule has 2 rings (SSSR count). The zero-order valence-corrected chi connectivity index (χ0v) is 11.7. The molecule has 20 heavy (non-hydrogen) atoms. The van der Waals surface area contributed by atoms with Crippen molar-refractivity contribution in [1.29, 1.82) is 0 Å². The summed E-state index contributed by atoms with van der Waals surface area (Å²) in [6.07, 6.45) is 0. The van der Waals surface area contributed by atoms with Crippen LogP contribution in [0.5, 0.6) is 5.75 Å². The molecule has 0 unspecified atom stereocenters. The third-order valence-electron chi connectivity index (χ3n) is 2.76. The minimum absolute atomic E-state index is 0.243. The van der Waals surface area contributed by atoms with Crippen molar-refractivity contribution in [2.24, 2.45) is 5.73 Å². The first-order valence-corrected chi connectivity index (χ1v) is 6.37. The second-order valence-electron chi connectivity index (χ2n) is 4.10. The molecule has 0 atom stereocenters. The van der Waals surface area contributed by atoms with Gasteiger partial charge in [-0.3, -0.25) is 4.79 Å². The Morgan fingerprint density at radius 2 is 1.85 bits per heavy atom. The van der Waals surface area contributed by atoms with Crippen molar-refractivity contribution in [3.05, 3.63) is 59.7 Å². The molecule has 0 aliphatic carbocycles. The van der Waals surface area contributed by atoms with Crippen molar-refractivity contribution >= 4 is 28.8 Å². The van der Waals surface area contributed by atoms with E-state index in [1.807, 2.05) is 12.1 Å². The van der Waals surface area contributed by atoms with Crippen LogP contribution in [-0.4, -0.2) is 18.0 Å². The quantitative estimate of drug-likeness (QED) is 0.848. The molecule has 2 aromatic carbocycles. The summed E-state index contributed by atoms with van der Waals surface area (Å²) in [5.74, 6) is 0.360. The molecule has 0 spiro atoms.